The molecule has 4 aromatic carbocycles. The van der Waals surface area contributed by atoms with Gasteiger partial charge in [-0.05, 0) is 47.2 Å². The van der Waals surface area contributed by atoms with E-state index in [-0.39, 0.29) is 10.6 Å². The number of benzene rings is 4. The van der Waals surface area contributed by atoms with Gasteiger partial charge in [0.2, 0.25) is 0 Å². The highest BCUT2D eigenvalue weighted by molar-refractivity contribution is 7.87. The second-order valence-corrected chi connectivity index (χ2v) is 8.10. The summed E-state index contributed by atoms with van der Waals surface area (Å²) in [5, 5.41) is 3.40. The average molecular weight is 385 g/mol. The van der Waals surface area contributed by atoms with Crippen LogP contribution in [0.25, 0.3) is 32.6 Å². The van der Waals surface area contributed by atoms with Crippen molar-refractivity contribution in [2.24, 2.45) is 0 Å². The Kier molecular flexibility index (Phi) is 3.77. The van der Waals surface area contributed by atoms with Crippen molar-refractivity contribution in [2.45, 2.75) is 4.90 Å². The van der Waals surface area contributed by atoms with Gasteiger partial charge in [-0.1, -0.05) is 54.6 Å². The van der Waals surface area contributed by atoms with Crippen LogP contribution in [-0.4, -0.2) is 13.4 Å². The molecule has 1 heterocycles. The normalized spacial score (nSPS) is 11.9. The number of nitrogens with zero attached hydrogens (tertiary/aromatic N) is 1. The monoisotopic (exact) mass is 385 g/mol. The number of hydrogen-bond acceptors (Lipinski definition) is 4. The Morgan fingerprint density at radius 1 is 0.643 bits per heavy atom. The second-order valence-electron chi connectivity index (χ2n) is 6.55. The molecule has 0 atom stereocenters. The van der Waals surface area contributed by atoms with Crippen LogP contribution >= 0.6 is 0 Å². The highest BCUT2D eigenvalue weighted by Gasteiger charge is 2.19. The molecule has 5 heteroatoms. The fourth-order valence-corrected chi connectivity index (χ4v) is 4.32. The fourth-order valence-electron chi connectivity index (χ4n) is 3.33. The van der Waals surface area contributed by atoms with Gasteiger partial charge in [0, 0.05) is 10.8 Å². The maximum Gasteiger partial charge on any atom is 0.339 e. The first kappa shape index (κ1) is 16.7. The first-order valence-corrected chi connectivity index (χ1v) is 10.2. The predicted octanol–water partition coefficient (Wildman–Crippen LogP) is 5.31. The van der Waals surface area contributed by atoms with Crippen LogP contribution in [0.2, 0.25) is 0 Å². The van der Waals surface area contributed by atoms with Gasteiger partial charge in [0.25, 0.3) is 0 Å². The first-order chi connectivity index (χ1) is 13.6. The standard InChI is InChI=1S/C23H15NO3S/c25-28(26,19-13-12-16-6-1-2-7-17(16)14-19)27-23-11-5-10-22-20(23)15-18-8-3-4-9-21(18)24-22/h1-15H. The molecule has 0 spiro atoms. The van der Waals surface area contributed by atoms with E-state index in [4.69, 9.17) is 4.18 Å². The first-order valence-electron chi connectivity index (χ1n) is 8.82. The van der Waals surface area contributed by atoms with E-state index in [1.165, 1.54) is 0 Å². The van der Waals surface area contributed by atoms with Gasteiger partial charge in [-0.25, -0.2) is 4.98 Å². The van der Waals surface area contributed by atoms with Crippen LogP contribution < -0.4 is 4.18 Å². The van der Waals surface area contributed by atoms with E-state index in [0.717, 1.165) is 21.7 Å². The summed E-state index contributed by atoms with van der Waals surface area (Å²) in [7, 11) is -3.98. The highest BCUT2D eigenvalue weighted by Crippen LogP contribution is 2.30. The second kappa shape index (κ2) is 6.32. The number of pyridine rings is 1. The van der Waals surface area contributed by atoms with Crippen molar-refractivity contribution in [2.75, 3.05) is 0 Å². The lowest BCUT2D eigenvalue weighted by molar-refractivity contribution is 0.489. The maximum absolute atomic E-state index is 12.9. The Morgan fingerprint density at radius 2 is 1.36 bits per heavy atom. The van der Waals surface area contributed by atoms with E-state index in [9.17, 15) is 8.42 Å². The summed E-state index contributed by atoms with van der Waals surface area (Å²) in [6.07, 6.45) is 0. The van der Waals surface area contributed by atoms with Crippen LogP contribution in [0.3, 0.4) is 0 Å². The lowest BCUT2D eigenvalue weighted by Gasteiger charge is -2.11. The smallest absolute Gasteiger partial charge is 0.339 e. The van der Waals surface area contributed by atoms with Crippen LogP contribution in [0.15, 0.2) is 95.9 Å². The van der Waals surface area contributed by atoms with Crippen molar-refractivity contribution in [3.05, 3.63) is 91.0 Å². The molecule has 0 aliphatic carbocycles. The van der Waals surface area contributed by atoms with E-state index < -0.39 is 10.1 Å². The van der Waals surface area contributed by atoms with Crippen molar-refractivity contribution in [1.29, 1.82) is 0 Å². The molecule has 4 nitrogen and oxygen atoms in total. The third-order valence-corrected chi connectivity index (χ3v) is 5.96. The molecular formula is C23H15NO3S. The molecule has 1 aromatic heterocycles. The van der Waals surface area contributed by atoms with Crippen molar-refractivity contribution in [1.82, 2.24) is 4.98 Å². The molecule has 0 radical (unpaired) electrons. The lowest BCUT2D eigenvalue weighted by atomic mass is 10.1. The summed E-state index contributed by atoms with van der Waals surface area (Å²) >= 11 is 0. The van der Waals surface area contributed by atoms with E-state index in [1.807, 2.05) is 60.7 Å². The van der Waals surface area contributed by atoms with Crippen LogP contribution in [-0.2, 0) is 10.1 Å². The quantitative estimate of drug-likeness (QED) is 0.312. The summed E-state index contributed by atoms with van der Waals surface area (Å²) < 4.78 is 31.4. The highest BCUT2D eigenvalue weighted by atomic mass is 32.2. The number of rotatable bonds is 3. The molecule has 0 saturated heterocycles. The van der Waals surface area contributed by atoms with E-state index >= 15 is 0 Å². The minimum Gasteiger partial charge on any atom is -0.378 e. The molecule has 5 rings (SSSR count). The van der Waals surface area contributed by atoms with Gasteiger partial charge < -0.3 is 4.18 Å². The molecule has 5 aromatic rings. The Hall–Kier alpha value is -3.44. The molecule has 0 bridgehead atoms. The van der Waals surface area contributed by atoms with Crippen molar-refractivity contribution >= 4 is 42.7 Å². The summed E-state index contributed by atoms with van der Waals surface area (Å²) in [6, 6.07) is 27.4. The number of aromatic nitrogens is 1. The lowest BCUT2D eigenvalue weighted by Crippen LogP contribution is -2.10. The molecule has 0 saturated carbocycles. The zero-order valence-electron chi connectivity index (χ0n) is 14.7. The summed E-state index contributed by atoms with van der Waals surface area (Å²) in [5.41, 5.74) is 1.54. The largest absolute Gasteiger partial charge is 0.378 e. The molecule has 0 aliphatic rings. The SMILES string of the molecule is O=S(=O)(Oc1cccc2nc3ccccc3cc12)c1ccc2ccccc2c1. The molecule has 0 amide bonds. The van der Waals surface area contributed by atoms with Gasteiger partial charge in [0.05, 0.1) is 11.0 Å². The average Bonchev–Trinajstić information content (AvgIpc) is 2.72. The molecule has 0 fully saturated rings. The Bertz CT molecular complexity index is 1460. The summed E-state index contributed by atoms with van der Waals surface area (Å²) in [5.74, 6) is 0.268. The predicted molar refractivity (Wildman–Crippen MR) is 111 cm³/mol. The minimum absolute atomic E-state index is 0.122. The van der Waals surface area contributed by atoms with Crippen molar-refractivity contribution < 1.29 is 12.6 Å². The number of para-hydroxylation sites is 1. The van der Waals surface area contributed by atoms with Crippen molar-refractivity contribution in [3.63, 3.8) is 0 Å². The maximum atomic E-state index is 12.9. The van der Waals surface area contributed by atoms with Gasteiger partial charge in [0.15, 0.2) is 5.75 Å². The molecule has 136 valence electrons. The van der Waals surface area contributed by atoms with Gasteiger partial charge >= 0.3 is 10.1 Å². The van der Waals surface area contributed by atoms with Crippen LogP contribution in [0.1, 0.15) is 0 Å². The number of fused-ring (bicyclic) bond motifs is 3. The third kappa shape index (κ3) is 2.86. The Balaban J connectivity index is 1.62. The molecule has 28 heavy (non-hydrogen) atoms. The third-order valence-electron chi connectivity index (χ3n) is 4.73. The summed E-state index contributed by atoms with van der Waals surface area (Å²) in [4.78, 5) is 4.73. The van der Waals surface area contributed by atoms with Gasteiger partial charge in [0.1, 0.15) is 4.90 Å². The Morgan fingerprint density at radius 3 is 2.21 bits per heavy atom. The van der Waals surface area contributed by atoms with Crippen LogP contribution in [0.5, 0.6) is 5.75 Å². The van der Waals surface area contributed by atoms with Crippen LogP contribution in [0, 0.1) is 0 Å². The van der Waals surface area contributed by atoms with E-state index in [1.54, 1.807) is 30.3 Å². The van der Waals surface area contributed by atoms with Gasteiger partial charge in [-0.15, -0.1) is 0 Å². The molecule has 0 N–H and O–H groups in total. The molecular weight excluding hydrogens is 370 g/mol. The molecule has 0 unspecified atom stereocenters. The van der Waals surface area contributed by atoms with Gasteiger partial charge in [-0.3, -0.25) is 0 Å². The number of hydrogen-bond donors (Lipinski definition) is 0. The van der Waals surface area contributed by atoms with E-state index in [0.29, 0.717) is 10.9 Å². The zero-order valence-corrected chi connectivity index (χ0v) is 15.6. The van der Waals surface area contributed by atoms with Crippen molar-refractivity contribution in [3.8, 4) is 5.75 Å². The topological polar surface area (TPSA) is 56.3 Å². The molecule has 0 aliphatic heterocycles. The van der Waals surface area contributed by atoms with Gasteiger partial charge in [-0.2, -0.15) is 8.42 Å². The van der Waals surface area contributed by atoms with E-state index in [2.05, 4.69) is 4.98 Å². The minimum atomic E-state index is -3.98. The van der Waals surface area contributed by atoms with Crippen LogP contribution in [0.4, 0.5) is 0 Å². The Labute approximate surface area is 162 Å². The zero-order chi connectivity index (χ0) is 19.1. The fraction of sp³-hybridized carbons (Fsp3) is 0. The summed E-state index contributed by atoms with van der Waals surface area (Å²) in [6.45, 7) is 0.